The number of nitrogens with zero attached hydrogens (tertiary/aromatic N) is 2. The summed E-state index contributed by atoms with van der Waals surface area (Å²) in [5.74, 6) is 0. The maximum atomic E-state index is 4.33. The first-order valence-electron chi connectivity index (χ1n) is 3.97. The molecule has 0 saturated carbocycles. The fourth-order valence-corrected chi connectivity index (χ4v) is 1.21. The molecule has 0 saturated heterocycles. The molecule has 2 aromatic rings. The smallest absolute Gasteiger partial charge is 0.0927 e. The molecule has 2 rings (SSSR count). The van der Waals surface area contributed by atoms with Gasteiger partial charge in [-0.25, -0.2) is 4.68 Å². The Morgan fingerprint density at radius 2 is 2.17 bits per heavy atom. The molecule has 0 amide bonds. The van der Waals surface area contributed by atoms with Crippen molar-refractivity contribution in [1.82, 2.24) is 9.78 Å². The van der Waals surface area contributed by atoms with Crippen molar-refractivity contribution >= 4 is 17.1 Å². The fraction of sp³-hybridized carbons (Fsp3) is 0.100. The molecule has 2 nitrogen and oxygen atoms in total. The summed E-state index contributed by atoms with van der Waals surface area (Å²) in [5, 5.41) is 5.51. The van der Waals surface area contributed by atoms with Crippen LogP contribution >= 0.6 is 0 Å². The van der Waals surface area contributed by atoms with Crippen LogP contribution in [0.2, 0.25) is 0 Å². The second kappa shape index (κ2) is 2.81. The lowest BCUT2D eigenvalue weighted by molar-refractivity contribution is 0.952. The maximum Gasteiger partial charge on any atom is 0.0927 e. The van der Waals surface area contributed by atoms with E-state index in [1.807, 2.05) is 48.3 Å². The Morgan fingerprint density at radius 1 is 1.33 bits per heavy atom. The van der Waals surface area contributed by atoms with Crippen molar-refractivity contribution in [3.8, 4) is 0 Å². The molecule has 0 aliphatic rings. The predicted octanol–water partition coefficient (Wildman–Crippen LogP) is 2.53. The first kappa shape index (κ1) is 7.10. The zero-order chi connectivity index (χ0) is 8.39. The standard InChI is InChI=1S/C10H10N2/c1-2-7-12-8-9-5-3-4-6-10(9)11-12/h2-8H,1H3/b7-2+. The summed E-state index contributed by atoms with van der Waals surface area (Å²) in [6, 6.07) is 8.08. The molecule has 0 radical (unpaired) electrons. The molecule has 0 atom stereocenters. The van der Waals surface area contributed by atoms with E-state index in [0.29, 0.717) is 0 Å². The Labute approximate surface area is 71.1 Å². The van der Waals surface area contributed by atoms with Gasteiger partial charge in [-0.3, -0.25) is 0 Å². The third-order valence-electron chi connectivity index (χ3n) is 1.73. The van der Waals surface area contributed by atoms with Crippen LogP contribution < -0.4 is 0 Å². The summed E-state index contributed by atoms with van der Waals surface area (Å²) in [6.07, 6.45) is 5.90. The van der Waals surface area contributed by atoms with E-state index in [-0.39, 0.29) is 0 Å². The lowest BCUT2D eigenvalue weighted by atomic mass is 10.3. The highest BCUT2D eigenvalue weighted by molar-refractivity contribution is 5.78. The zero-order valence-corrected chi connectivity index (χ0v) is 6.94. The average molecular weight is 158 g/mol. The van der Waals surface area contributed by atoms with Crippen LogP contribution in [-0.2, 0) is 0 Å². The minimum atomic E-state index is 1.04. The van der Waals surface area contributed by atoms with E-state index in [1.54, 1.807) is 0 Å². The van der Waals surface area contributed by atoms with Crippen LogP contribution in [0.5, 0.6) is 0 Å². The van der Waals surface area contributed by atoms with E-state index in [2.05, 4.69) is 11.2 Å². The molecule has 1 aromatic heterocycles. The highest BCUT2D eigenvalue weighted by atomic mass is 15.3. The van der Waals surface area contributed by atoms with Crippen LogP contribution in [0.15, 0.2) is 36.5 Å². The summed E-state index contributed by atoms with van der Waals surface area (Å²) in [5.41, 5.74) is 1.04. The first-order chi connectivity index (χ1) is 5.90. The Hall–Kier alpha value is -1.57. The van der Waals surface area contributed by atoms with Crippen molar-refractivity contribution < 1.29 is 0 Å². The topological polar surface area (TPSA) is 17.8 Å². The fourth-order valence-electron chi connectivity index (χ4n) is 1.21. The van der Waals surface area contributed by atoms with Crippen LogP contribution in [0.1, 0.15) is 6.92 Å². The van der Waals surface area contributed by atoms with Gasteiger partial charge in [-0.05, 0) is 13.0 Å². The van der Waals surface area contributed by atoms with Crippen LogP contribution in [0.3, 0.4) is 0 Å². The first-order valence-corrected chi connectivity index (χ1v) is 3.97. The summed E-state index contributed by atoms with van der Waals surface area (Å²) in [7, 11) is 0. The van der Waals surface area contributed by atoms with Gasteiger partial charge in [-0.15, -0.1) is 0 Å². The number of hydrogen-bond donors (Lipinski definition) is 0. The van der Waals surface area contributed by atoms with Crippen LogP contribution in [0, 0.1) is 0 Å². The highest BCUT2D eigenvalue weighted by Crippen LogP contribution is 2.10. The van der Waals surface area contributed by atoms with Crippen molar-refractivity contribution in [2.75, 3.05) is 0 Å². The quantitative estimate of drug-likeness (QED) is 0.623. The zero-order valence-electron chi connectivity index (χ0n) is 6.94. The van der Waals surface area contributed by atoms with Gasteiger partial charge in [0.25, 0.3) is 0 Å². The Kier molecular flexibility index (Phi) is 1.67. The monoisotopic (exact) mass is 158 g/mol. The van der Waals surface area contributed by atoms with Crippen molar-refractivity contribution in [2.24, 2.45) is 0 Å². The molecule has 0 spiro atoms. The van der Waals surface area contributed by atoms with Crippen LogP contribution in [-0.4, -0.2) is 9.78 Å². The van der Waals surface area contributed by atoms with E-state index in [1.165, 1.54) is 5.39 Å². The number of hydrogen-bond acceptors (Lipinski definition) is 1. The number of benzene rings is 1. The van der Waals surface area contributed by atoms with Gasteiger partial charge < -0.3 is 0 Å². The van der Waals surface area contributed by atoms with Gasteiger partial charge in [-0.1, -0.05) is 24.3 Å². The molecule has 0 unspecified atom stereocenters. The van der Waals surface area contributed by atoms with Crippen molar-refractivity contribution in [1.29, 1.82) is 0 Å². The van der Waals surface area contributed by atoms with Gasteiger partial charge in [0.1, 0.15) is 0 Å². The third kappa shape index (κ3) is 1.11. The predicted molar refractivity (Wildman–Crippen MR) is 50.7 cm³/mol. The molecule has 2 heteroatoms. The Bertz CT molecular complexity index is 379. The highest BCUT2D eigenvalue weighted by Gasteiger charge is 1.94. The Morgan fingerprint density at radius 3 is 2.92 bits per heavy atom. The summed E-state index contributed by atoms with van der Waals surface area (Å²) < 4.78 is 1.82. The maximum absolute atomic E-state index is 4.33. The van der Waals surface area contributed by atoms with E-state index in [9.17, 15) is 0 Å². The summed E-state index contributed by atoms with van der Waals surface area (Å²) in [4.78, 5) is 0. The molecule has 0 aliphatic heterocycles. The van der Waals surface area contributed by atoms with E-state index in [0.717, 1.165) is 5.52 Å². The molecular formula is C10H10N2. The number of rotatable bonds is 1. The summed E-state index contributed by atoms with van der Waals surface area (Å²) >= 11 is 0. The van der Waals surface area contributed by atoms with Gasteiger partial charge in [0.15, 0.2) is 0 Å². The van der Waals surface area contributed by atoms with Gasteiger partial charge in [0.05, 0.1) is 5.52 Å². The molecule has 60 valence electrons. The lowest BCUT2D eigenvalue weighted by Crippen LogP contribution is -1.83. The molecule has 0 N–H and O–H groups in total. The van der Waals surface area contributed by atoms with Crippen molar-refractivity contribution in [3.63, 3.8) is 0 Å². The normalized spacial score (nSPS) is 11.4. The van der Waals surface area contributed by atoms with Gasteiger partial charge in [0, 0.05) is 17.8 Å². The SMILES string of the molecule is C/C=C/n1cc2ccccc2n1. The second-order valence-electron chi connectivity index (χ2n) is 2.65. The summed E-state index contributed by atoms with van der Waals surface area (Å²) in [6.45, 7) is 1.98. The Balaban J connectivity index is 2.62. The van der Waals surface area contributed by atoms with Gasteiger partial charge >= 0.3 is 0 Å². The number of aromatic nitrogens is 2. The van der Waals surface area contributed by atoms with Crippen LogP contribution in [0.4, 0.5) is 0 Å². The molecular weight excluding hydrogens is 148 g/mol. The van der Waals surface area contributed by atoms with E-state index >= 15 is 0 Å². The second-order valence-corrected chi connectivity index (χ2v) is 2.65. The van der Waals surface area contributed by atoms with Crippen molar-refractivity contribution in [3.05, 3.63) is 36.5 Å². The lowest BCUT2D eigenvalue weighted by Gasteiger charge is -1.84. The average Bonchev–Trinajstić information content (AvgIpc) is 2.47. The van der Waals surface area contributed by atoms with E-state index in [4.69, 9.17) is 0 Å². The molecule has 0 fully saturated rings. The number of allylic oxidation sites excluding steroid dienone is 1. The van der Waals surface area contributed by atoms with Crippen LogP contribution in [0.25, 0.3) is 17.1 Å². The molecule has 12 heavy (non-hydrogen) atoms. The minimum Gasteiger partial charge on any atom is -0.247 e. The number of fused-ring (bicyclic) bond motifs is 1. The van der Waals surface area contributed by atoms with Gasteiger partial charge in [0.2, 0.25) is 0 Å². The molecule has 1 aromatic carbocycles. The molecule has 0 aliphatic carbocycles. The van der Waals surface area contributed by atoms with E-state index < -0.39 is 0 Å². The van der Waals surface area contributed by atoms with Crippen molar-refractivity contribution in [2.45, 2.75) is 6.92 Å². The minimum absolute atomic E-state index is 1.04. The van der Waals surface area contributed by atoms with Gasteiger partial charge in [-0.2, -0.15) is 5.10 Å². The molecule has 0 bridgehead atoms. The third-order valence-corrected chi connectivity index (χ3v) is 1.73. The largest absolute Gasteiger partial charge is 0.247 e. The molecule has 1 heterocycles.